The third-order valence-corrected chi connectivity index (χ3v) is 4.72. The Balaban J connectivity index is 2.65. The largest absolute Gasteiger partial charge is 0.504 e. The number of rotatable bonds is 3. The number of carbonyl (C=O) groups is 1. The van der Waals surface area contributed by atoms with Gasteiger partial charge in [-0.2, -0.15) is 0 Å². The van der Waals surface area contributed by atoms with Crippen molar-refractivity contribution in [1.29, 1.82) is 0 Å². The zero-order chi connectivity index (χ0) is 15.8. The molecule has 0 heterocycles. The first kappa shape index (κ1) is 14.9. The second-order valence-electron chi connectivity index (χ2n) is 4.52. The number of hydrogen-bond donors (Lipinski definition) is 3. The summed E-state index contributed by atoms with van der Waals surface area (Å²) in [4.78, 5) is 10.9. The third kappa shape index (κ3) is 2.68. The van der Waals surface area contributed by atoms with Gasteiger partial charge in [0, 0.05) is 6.07 Å². The maximum Gasteiger partial charge on any atom is 0.252 e. The molecule has 2 aromatic carbocycles. The number of sulfone groups is 1. The first-order valence-electron chi connectivity index (χ1n) is 5.91. The van der Waals surface area contributed by atoms with Crippen LogP contribution in [0.4, 0.5) is 0 Å². The van der Waals surface area contributed by atoms with Crippen LogP contribution in [-0.2, 0) is 9.84 Å². The molecule has 4 N–H and O–H groups in total. The number of phenols is 2. The van der Waals surface area contributed by atoms with E-state index in [4.69, 9.17) is 5.73 Å². The molecule has 2 rings (SSSR count). The summed E-state index contributed by atoms with van der Waals surface area (Å²) in [7, 11) is -3.93. The summed E-state index contributed by atoms with van der Waals surface area (Å²) in [6, 6.07) is 7.89. The highest BCUT2D eigenvalue weighted by Gasteiger charge is 2.23. The highest BCUT2D eigenvalue weighted by atomic mass is 32.2. The van der Waals surface area contributed by atoms with Crippen LogP contribution in [0.5, 0.6) is 11.5 Å². The molecular weight excluding hydrogens is 294 g/mol. The minimum atomic E-state index is -3.93. The smallest absolute Gasteiger partial charge is 0.252 e. The van der Waals surface area contributed by atoms with Crippen LogP contribution in [0.25, 0.3) is 0 Å². The van der Waals surface area contributed by atoms with Crippen LogP contribution >= 0.6 is 0 Å². The van der Waals surface area contributed by atoms with Gasteiger partial charge < -0.3 is 15.9 Å². The number of benzene rings is 2. The summed E-state index contributed by atoms with van der Waals surface area (Å²) >= 11 is 0. The van der Waals surface area contributed by atoms with Crippen LogP contribution in [0, 0.1) is 6.92 Å². The molecule has 0 aliphatic carbocycles. The van der Waals surface area contributed by atoms with Crippen LogP contribution in [-0.4, -0.2) is 24.5 Å². The van der Waals surface area contributed by atoms with Gasteiger partial charge in [0.15, 0.2) is 11.5 Å². The van der Waals surface area contributed by atoms with E-state index in [0.717, 1.165) is 17.7 Å². The average Bonchev–Trinajstić information content (AvgIpc) is 2.41. The zero-order valence-corrected chi connectivity index (χ0v) is 11.9. The van der Waals surface area contributed by atoms with Crippen molar-refractivity contribution in [3.63, 3.8) is 0 Å². The van der Waals surface area contributed by atoms with Crippen LogP contribution in [0.2, 0.25) is 0 Å². The van der Waals surface area contributed by atoms with E-state index in [1.165, 1.54) is 12.1 Å². The van der Waals surface area contributed by atoms with Gasteiger partial charge in [0.2, 0.25) is 9.84 Å². The molecule has 0 unspecified atom stereocenters. The first-order valence-corrected chi connectivity index (χ1v) is 7.39. The van der Waals surface area contributed by atoms with E-state index in [0.29, 0.717) is 0 Å². The first-order chi connectivity index (χ1) is 9.73. The predicted octanol–water partition coefficient (Wildman–Crippen LogP) is 1.34. The predicted molar refractivity (Wildman–Crippen MR) is 74.9 cm³/mol. The van der Waals surface area contributed by atoms with Crippen LogP contribution < -0.4 is 5.73 Å². The number of hydrogen-bond acceptors (Lipinski definition) is 5. The lowest BCUT2D eigenvalue weighted by Crippen LogP contribution is -2.12. The summed E-state index contributed by atoms with van der Waals surface area (Å²) in [5.41, 5.74) is 5.48. The Bertz CT molecular complexity index is 810. The van der Waals surface area contributed by atoms with E-state index < -0.39 is 32.8 Å². The van der Waals surface area contributed by atoms with Gasteiger partial charge in [-0.05, 0) is 25.1 Å². The van der Waals surface area contributed by atoms with Gasteiger partial charge in [0.05, 0.1) is 15.4 Å². The molecule has 0 aliphatic rings. The van der Waals surface area contributed by atoms with E-state index >= 15 is 0 Å². The normalized spacial score (nSPS) is 11.3. The molecule has 0 bridgehead atoms. The van der Waals surface area contributed by atoms with Crippen molar-refractivity contribution in [2.75, 3.05) is 0 Å². The summed E-state index contributed by atoms with van der Waals surface area (Å²) in [5, 5.41) is 19.1. The summed E-state index contributed by atoms with van der Waals surface area (Å²) in [6.07, 6.45) is 0. The minimum Gasteiger partial charge on any atom is -0.504 e. The zero-order valence-electron chi connectivity index (χ0n) is 11.1. The molecule has 0 saturated carbocycles. The lowest BCUT2D eigenvalue weighted by Gasteiger charge is -2.09. The van der Waals surface area contributed by atoms with Gasteiger partial charge in [-0.25, -0.2) is 8.42 Å². The molecule has 0 saturated heterocycles. The fourth-order valence-corrected chi connectivity index (χ4v) is 3.10. The van der Waals surface area contributed by atoms with E-state index in [1.807, 2.05) is 6.92 Å². The monoisotopic (exact) mass is 307 g/mol. The molecule has 0 atom stereocenters. The van der Waals surface area contributed by atoms with Gasteiger partial charge in [-0.15, -0.1) is 0 Å². The van der Waals surface area contributed by atoms with Crippen LogP contribution in [0.3, 0.4) is 0 Å². The molecule has 0 aromatic heterocycles. The quantitative estimate of drug-likeness (QED) is 0.739. The van der Waals surface area contributed by atoms with E-state index in [9.17, 15) is 23.4 Å². The van der Waals surface area contributed by atoms with Gasteiger partial charge in [-0.1, -0.05) is 17.7 Å². The molecule has 7 heteroatoms. The standard InChI is InChI=1S/C14H13NO5S/c1-8-2-4-9(5-3-8)21(19,20)10-6-11(14(15)18)13(17)12(16)7-10/h2-7,16-17H,1H3,(H2,15,18). The Hall–Kier alpha value is -2.54. The van der Waals surface area contributed by atoms with Gasteiger partial charge in [0.1, 0.15) is 0 Å². The Labute approximate surface area is 121 Å². The molecule has 0 radical (unpaired) electrons. The number of amides is 1. The Morgan fingerprint density at radius 2 is 1.62 bits per heavy atom. The van der Waals surface area contributed by atoms with Gasteiger partial charge in [0.25, 0.3) is 5.91 Å². The number of primary amides is 1. The molecule has 110 valence electrons. The minimum absolute atomic E-state index is 0.00797. The molecule has 1 amide bonds. The number of carbonyl (C=O) groups excluding carboxylic acids is 1. The average molecular weight is 307 g/mol. The van der Waals surface area contributed by atoms with Crippen LogP contribution in [0.1, 0.15) is 15.9 Å². The summed E-state index contributed by atoms with van der Waals surface area (Å²) < 4.78 is 24.9. The van der Waals surface area contributed by atoms with E-state index in [1.54, 1.807) is 12.1 Å². The van der Waals surface area contributed by atoms with Crippen molar-refractivity contribution in [2.24, 2.45) is 5.73 Å². The fourth-order valence-electron chi connectivity index (χ4n) is 1.79. The lowest BCUT2D eigenvalue weighted by atomic mass is 10.2. The van der Waals surface area contributed by atoms with Crippen molar-refractivity contribution < 1.29 is 23.4 Å². The summed E-state index contributed by atoms with van der Waals surface area (Å²) in [5.74, 6) is -2.51. The number of nitrogens with two attached hydrogens (primary N) is 1. The van der Waals surface area contributed by atoms with Crippen molar-refractivity contribution in [3.05, 3.63) is 47.5 Å². The molecule has 0 aliphatic heterocycles. The fraction of sp³-hybridized carbons (Fsp3) is 0.0714. The second-order valence-corrected chi connectivity index (χ2v) is 6.47. The van der Waals surface area contributed by atoms with Crippen LogP contribution in [0.15, 0.2) is 46.2 Å². The SMILES string of the molecule is Cc1ccc(S(=O)(=O)c2cc(O)c(O)c(C(N)=O)c2)cc1. The maximum absolute atomic E-state index is 12.4. The maximum atomic E-state index is 12.4. The molecule has 0 fully saturated rings. The number of phenolic OH excluding ortho intramolecular Hbond substituents is 1. The highest BCUT2D eigenvalue weighted by Crippen LogP contribution is 2.34. The molecule has 6 nitrogen and oxygen atoms in total. The number of aryl methyl sites for hydroxylation is 1. The van der Waals surface area contributed by atoms with Crippen molar-refractivity contribution in [2.45, 2.75) is 16.7 Å². The third-order valence-electron chi connectivity index (χ3n) is 2.97. The van der Waals surface area contributed by atoms with Crippen molar-refractivity contribution >= 4 is 15.7 Å². The Morgan fingerprint density at radius 1 is 1.05 bits per heavy atom. The topological polar surface area (TPSA) is 118 Å². The van der Waals surface area contributed by atoms with Crippen molar-refractivity contribution in [1.82, 2.24) is 0 Å². The molecule has 2 aromatic rings. The second kappa shape index (κ2) is 5.10. The molecular formula is C14H13NO5S. The lowest BCUT2D eigenvalue weighted by molar-refractivity contribution is 0.0997. The van der Waals surface area contributed by atoms with E-state index in [-0.39, 0.29) is 9.79 Å². The Kier molecular flexibility index (Phi) is 3.61. The Morgan fingerprint density at radius 3 is 2.14 bits per heavy atom. The van der Waals surface area contributed by atoms with Gasteiger partial charge in [-0.3, -0.25) is 4.79 Å². The number of aromatic hydroxyl groups is 2. The summed E-state index contributed by atoms with van der Waals surface area (Å²) in [6.45, 7) is 1.81. The van der Waals surface area contributed by atoms with Crippen molar-refractivity contribution in [3.8, 4) is 11.5 Å². The highest BCUT2D eigenvalue weighted by molar-refractivity contribution is 7.91. The van der Waals surface area contributed by atoms with E-state index in [2.05, 4.69) is 0 Å². The van der Waals surface area contributed by atoms with Gasteiger partial charge >= 0.3 is 0 Å². The molecule has 21 heavy (non-hydrogen) atoms. The molecule has 0 spiro atoms.